The van der Waals surface area contributed by atoms with Crippen molar-refractivity contribution in [2.24, 2.45) is 0 Å². The zero-order chi connectivity index (χ0) is 53.3. The first kappa shape index (κ1) is 28.4. The van der Waals surface area contributed by atoms with Gasteiger partial charge in [0.1, 0.15) is 0 Å². The second-order valence-electron chi connectivity index (χ2n) is 19.0. The van der Waals surface area contributed by atoms with Gasteiger partial charge in [0.05, 0.1) is 16.4 Å². The van der Waals surface area contributed by atoms with Crippen molar-refractivity contribution in [3.63, 3.8) is 0 Å². The van der Waals surface area contributed by atoms with Crippen LogP contribution in [0.2, 0.25) is 0 Å². The maximum atomic E-state index is 9.35. The van der Waals surface area contributed by atoms with Gasteiger partial charge in [0.15, 0.2) is 0 Å². The van der Waals surface area contributed by atoms with Gasteiger partial charge in [-0.3, -0.25) is 0 Å². The van der Waals surface area contributed by atoms with Crippen LogP contribution >= 0.6 is 0 Å². The van der Waals surface area contributed by atoms with Crippen LogP contribution in [0.1, 0.15) is 152 Å². The van der Waals surface area contributed by atoms with Crippen LogP contribution in [0.15, 0.2) is 176 Å². The summed E-state index contributed by atoms with van der Waals surface area (Å²) in [5.41, 5.74) is 14.7. The molecule has 4 unspecified atom stereocenters. The molecular formula is C63H58. The molecule has 11 rings (SSSR count). The molecule has 0 nitrogen and oxygen atoms in total. The number of fused-ring (bicyclic) bond motifs is 5. The first-order valence-electron chi connectivity index (χ1n) is 28.5. The lowest BCUT2D eigenvalue weighted by molar-refractivity contribution is 0.454. The topological polar surface area (TPSA) is 0 Å². The molecule has 310 valence electrons. The summed E-state index contributed by atoms with van der Waals surface area (Å²) in [5.74, 6) is -0.577. The van der Waals surface area contributed by atoms with Gasteiger partial charge in [0, 0.05) is 11.8 Å². The largest absolute Gasteiger partial charge is 0.0632 e. The Kier molecular flexibility index (Phi) is 7.15. The van der Waals surface area contributed by atoms with E-state index < -0.39 is 0 Å². The Morgan fingerprint density at radius 2 is 1.30 bits per heavy atom. The maximum absolute atomic E-state index is 9.35. The monoisotopic (exact) mass is 827 g/mol. The molecule has 8 aromatic carbocycles. The third-order valence-corrected chi connectivity index (χ3v) is 14.0. The molecule has 0 amide bonds. The molecular weight excluding hydrogens is 757 g/mol. The number of hydrogen-bond acceptors (Lipinski definition) is 0. The van der Waals surface area contributed by atoms with Crippen LogP contribution in [-0.2, 0) is 18.3 Å². The van der Waals surface area contributed by atoms with Crippen molar-refractivity contribution in [3.8, 4) is 33.4 Å². The summed E-state index contributed by atoms with van der Waals surface area (Å²) in [4.78, 5) is 0. The van der Waals surface area contributed by atoms with E-state index in [1.54, 1.807) is 19.9 Å². The summed E-state index contributed by atoms with van der Waals surface area (Å²) in [6.45, 7) is 9.75. The first-order valence-corrected chi connectivity index (χ1v) is 22.5. The zero-order valence-electron chi connectivity index (χ0n) is 48.7. The summed E-state index contributed by atoms with van der Waals surface area (Å²) in [7, 11) is 0. The van der Waals surface area contributed by atoms with Gasteiger partial charge >= 0.3 is 0 Å². The van der Waals surface area contributed by atoms with E-state index in [1.165, 1.54) is 16.7 Å². The molecule has 3 aliphatic rings. The van der Waals surface area contributed by atoms with E-state index in [-0.39, 0.29) is 124 Å². The molecule has 0 spiro atoms. The molecule has 0 saturated carbocycles. The highest BCUT2D eigenvalue weighted by Crippen LogP contribution is 2.57. The molecule has 0 fully saturated rings. The van der Waals surface area contributed by atoms with Crippen molar-refractivity contribution in [2.75, 3.05) is 0 Å². The van der Waals surface area contributed by atoms with Crippen LogP contribution < -0.4 is 0 Å². The second-order valence-corrected chi connectivity index (χ2v) is 19.0. The minimum Gasteiger partial charge on any atom is -0.0620 e. The Labute approximate surface area is 392 Å². The highest BCUT2D eigenvalue weighted by molar-refractivity contribution is 5.82. The number of hydrogen-bond donors (Lipinski definition) is 0. The van der Waals surface area contributed by atoms with Gasteiger partial charge in [-0.1, -0.05) is 208 Å². The zero-order valence-corrected chi connectivity index (χ0v) is 36.7. The van der Waals surface area contributed by atoms with Crippen molar-refractivity contribution in [1.29, 1.82) is 0 Å². The molecule has 0 bridgehead atoms. The molecule has 4 atom stereocenters. The average Bonchev–Trinajstić information content (AvgIpc) is 3.98. The molecule has 63 heavy (non-hydrogen) atoms. The van der Waals surface area contributed by atoms with Gasteiger partial charge in [-0.25, -0.2) is 0 Å². The number of rotatable bonds is 7. The summed E-state index contributed by atoms with van der Waals surface area (Å²) in [5, 5.41) is 0. The quantitative estimate of drug-likeness (QED) is 0.150. The number of aryl methyl sites for hydroxylation is 1. The summed E-state index contributed by atoms with van der Waals surface area (Å²) in [6.07, 6.45) is 4.16. The SMILES string of the molecule is [2H]c1c([2H])c(C)c([2H])c(-c2cccc(-c3c([2H])c([2H])c(C)c([2H])c3[2H])c2C2CC(C3CCCc4ccc(Cc5ccc6c(c5)C(c5cccc(C(C)(C)C)c5)c5c([2H])c([2H])c([2H])c([2H])c5-6)cc43)c3ccccc32)c1[2H]. The Hall–Kier alpha value is -6.24. The normalized spacial score (nSPS) is 21.3. The average molecular weight is 827 g/mol. The molecule has 0 radical (unpaired) electrons. The van der Waals surface area contributed by atoms with Crippen molar-refractivity contribution >= 4 is 0 Å². The van der Waals surface area contributed by atoms with Gasteiger partial charge in [-0.05, 0) is 158 Å². The van der Waals surface area contributed by atoms with Crippen LogP contribution in [0, 0.1) is 13.8 Å². The Bertz CT molecular complexity index is 3570. The van der Waals surface area contributed by atoms with Crippen LogP contribution in [0.4, 0.5) is 0 Å². The van der Waals surface area contributed by atoms with Gasteiger partial charge in [0.25, 0.3) is 0 Å². The lowest BCUT2D eigenvalue weighted by atomic mass is 9.72. The van der Waals surface area contributed by atoms with E-state index in [2.05, 4.69) is 93.6 Å². The lowest BCUT2D eigenvalue weighted by Gasteiger charge is -2.32. The summed E-state index contributed by atoms with van der Waals surface area (Å²) < 4.78 is 108. The van der Waals surface area contributed by atoms with E-state index in [4.69, 9.17) is 9.60 Å². The van der Waals surface area contributed by atoms with Crippen LogP contribution in [0.5, 0.6) is 0 Å². The molecule has 0 heteroatoms. The standard InChI is InChI=1S/C63H58/c1-40-26-30-45(31-27-40)49-23-13-24-50(46-16-10-14-41(2)34-46)62(49)60-39-58(52-20-6-7-21-53(52)60)54-25-12-15-44-32-28-42(36-57(44)54)35-43-29-33-55-51-19-8-9-22-56(51)61(59(55)37-43)47-17-11-18-48(38-47)63(3,4)5/h6-11,13-14,16-24,26-34,36-38,54,58,60-61H,12,15,25,35,39H2,1-5H3/i8D,9D,10D,14D,16D,19D,22D,26D,27D,30D,31D,34D. The second kappa shape index (κ2) is 15.8. The van der Waals surface area contributed by atoms with Gasteiger partial charge < -0.3 is 0 Å². The van der Waals surface area contributed by atoms with E-state index in [0.29, 0.717) is 40.7 Å². The minimum absolute atomic E-state index is 0.00493. The predicted molar refractivity (Wildman–Crippen MR) is 265 cm³/mol. The van der Waals surface area contributed by atoms with Gasteiger partial charge in [-0.2, -0.15) is 0 Å². The van der Waals surface area contributed by atoms with Crippen LogP contribution in [0.3, 0.4) is 0 Å². The molecule has 0 saturated heterocycles. The Morgan fingerprint density at radius 3 is 2.13 bits per heavy atom. The first-order chi connectivity index (χ1) is 35.7. The van der Waals surface area contributed by atoms with Gasteiger partial charge in [-0.15, -0.1) is 0 Å². The fourth-order valence-corrected chi connectivity index (χ4v) is 11.1. The van der Waals surface area contributed by atoms with E-state index >= 15 is 0 Å². The highest BCUT2D eigenvalue weighted by atomic mass is 14.4. The summed E-state index contributed by atoms with van der Waals surface area (Å²) >= 11 is 0. The molecule has 0 aromatic heterocycles. The lowest BCUT2D eigenvalue weighted by Crippen LogP contribution is -2.17. The van der Waals surface area contributed by atoms with E-state index in [1.807, 2.05) is 24.3 Å². The van der Waals surface area contributed by atoms with Crippen molar-refractivity contribution in [1.82, 2.24) is 0 Å². The third kappa shape index (κ3) is 7.19. The Morgan fingerprint density at radius 1 is 0.556 bits per heavy atom. The Balaban J connectivity index is 1.02. The van der Waals surface area contributed by atoms with Crippen molar-refractivity contribution < 1.29 is 16.4 Å². The number of benzene rings is 8. The maximum Gasteiger partial charge on any atom is 0.0632 e. The van der Waals surface area contributed by atoms with Crippen LogP contribution in [0.25, 0.3) is 33.4 Å². The third-order valence-electron chi connectivity index (χ3n) is 14.0. The van der Waals surface area contributed by atoms with Crippen LogP contribution in [-0.4, -0.2) is 0 Å². The molecule has 3 aliphatic carbocycles. The molecule has 0 N–H and O–H groups in total. The van der Waals surface area contributed by atoms with Gasteiger partial charge in [0.2, 0.25) is 0 Å². The highest BCUT2D eigenvalue weighted by Gasteiger charge is 2.40. The summed E-state index contributed by atoms with van der Waals surface area (Å²) in [6, 6.07) is 33.8. The van der Waals surface area contributed by atoms with Crippen molar-refractivity contribution in [3.05, 3.63) is 248 Å². The minimum atomic E-state index is -0.377. The van der Waals surface area contributed by atoms with E-state index in [0.717, 1.165) is 58.2 Å². The molecule has 8 aromatic rings. The van der Waals surface area contributed by atoms with E-state index in [9.17, 15) is 6.85 Å². The predicted octanol–water partition coefficient (Wildman–Crippen LogP) is 16.4. The molecule has 0 heterocycles. The molecule has 0 aliphatic heterocycles. The fraction of sp³-hybridized carbons (Fsp3) is 0.238. The van der Waals surface area contributed by atoms with Crippen molar-refractivity contribution in [2.45, 2.75) is 95.8 Å². The fourth-order valence-electron chi connectivity index (χ4n) is 11.1. The smallest absolute Gasteiger partial charge is 0.0620 e.